The number of methoxy groups -OCH3 is 1. The number of nitrogens with zero attached hydrogens (tertiary/aromatic N) is 2. The Bertz CT molecular complexity index is 438. The van der Waals surface area contributed by atoms with Crippen LogP contribution in [-0.4, -0.2) is 47.9 Å². The maximum absolute atomic E-state index is 13.9. The molecule has 1 rings (SSSR count). The molecule has 19 heavy (non-hydrogen) atoms. The highest BCUT2D eigenvalue weighted by molar-refractivity contribution is 5.84. The minimum absolute atomic E-state index is 0.142. The number of amides is 1. The van der Waals surface area contributed by atoms with Crippen molar-refractivity contribution in [3.8, 4) is 5.75 Å². The third-order valence-electron chi connectivity index (χ3n) is 2.59. The predicted molar refractivity (Wildman–Crippen MR) is 72.6 cm³/mol. The van der Waals surface area contributed by atoms with Gasteiger partial charge in [0.2, 0.25) is 6.41 Å². The van der Waals surface area contributed by atoms with Gasteiger partial charge < -0.3 is 19.3 Å². The molecule has 0 spiro atoms. The highest BCUT2D eigenvalue weighted by Gasteiger charge is 2.15. The predicted octanol–water partition coefficient (Wildman–Crippen LogP) is 1.51. The first-order chi connectivity index (χ1) is 9.01. The van der Waals surface area contributed by atoms with E-state index in [2.05, 4.69) is 0 Å². The zero-order valence-electron chi connectivity index (χ0n) is 11.6. The third kappa shape index (κ3) is 3.82. The Hall–Kier alpha value is -1.82. The van der Waals surface area contributed by atoms with Gasteiger partial charge in [0.05, 0.1) is 18.0 Å². The van der Waals surface area contributed by atoms with Gasteiger partial charge in [0.1, 0.15) is 6.61 Å². The Labute approximate surface area is 112 Å². The summed E-state index contributed by atoms with van der Waals surface area (Å²) in [5, 5.41) is 0. The van der Waals surface area contributed by atoms with Gasteiger partial charge in [-0.05, 0) is 0 Å². The first kappa shape index (κ1) is 15.2. The molecule has 0 N–H and O–H groups in total. The fourth-order valence-electron chi connectivity index (χ4n) is 1.58. The normalized spacial score (nSPS) is 10.2. The Balaban J connectivity index is 3.09. The summed E-state index contributed by atoms with van der Waals surface area (Å²) in [7, 11) is 6.75. The summed E-state index contributed by atoms with van der Waals surface area (Å²) in [6.45, 7) is 0.649. The molecular formula is C13H19FN2O3. The van der Waals surface area contributed by atoms with Crippen molar-refractivity contribution < 1.29 is 18.7 Å². The van der Waals surface area contributed by atoms with Crippen molar-refractivity contribution >= 4 is 17.8 Å². The first-order valence-electron chi connectivity index (χ1n) is 5.82. The van der Waals surface area contributed by atoms with Crippen LogP contribution >= 0.6 is 0 Å². The Morgan fingerprint density at radius 1 is 1.21 bits per heavy atom. The zero-order valence-corrected chi connectivity index (χ0v) is 11.6. The maximum atomic E-state index is 13.9. The van der Waals surface area contributed by atoms with Gasteiger partial charge in [-0.1, -0.05) is 0 Å². The van der Waals surface area contributed by atoms with E-state index in [-0.39, 0.29) is 12.4 Å². The molecule has 0 unspecified atom stereocenters. The molecule has 1 aromatic carbocycles. The van der Waals surface area contributed by atoms with Gasteiger partial charge in [-0.3, -0.25) is 4.79 Å². The van der Waals surface area contributed by atoms with Crippen LogP contribution in [0.1, 0.15) is 0 Å². The number of ether oxygens (including phenoxy) is 2. The quantitative estimate of drug-likeness (QED) is 0.556. The second-order valence-corrected chi connectivity index (χ2v) is 4.22. The van der Waals surface area contributed by atoms with Crippen LogP contribution in [0.15, 0.2) is 12.1 Å². The number of hydrogen-bond acceptors (Lipinski definition) is 4. The molecule has 0 aliphatic rings. The number of carbonyl (C=O) groups is 1. The Morgan fingerprint density at radius 3 is 2.42 bits per heavy atom. The van der Waals surface area contributed by atoms with Crippen LogP contribution in [-0.2, 0) is 9.53 Å². The lowest BCUT2D eigenvalue weighted by atomic mass is 10.2. The highest BCUT2D eigenvalue weighted by atomic mass is 19.1. The molecule has 1 amide bonds. The van der Waals surface area contributed by atoms with Crippen LogP contribution in [0.4, 0.5) is 15.8 Å². The van der Waals surface area contributed by atoms with E-state index in [9.17, 15) is 9.18 Å². The van der Waals surface area contributed by atoms with Crippen LogP contribution in [0.3, 0.4) is 0 Å². The van der Waals surface area contributed by atoms with E-state index in [0.717, 1.165) is 0 Å². The molecule has 0 atom stereocenters. The molecule has 1 aromatic rings. The first-order valence-corrected chi connectivity index (χ1v) is 5.82. The molecule has 0 bridgehead atoms. The monoisotopic (exact) mass is 270 g/mol. The van der Waals surface area contributed by atoms with E-state index in [1.165, 1.54) is 11.0 Å². The SMILES string of the molecule is COCCOc1cc(N(C)C)c(N(C)C=O)cc1F. The maximum Gasteiger partial charge on any atom is 0.213 e. The van der Waals surface area contributed by atoms with E-state index < -0.39 is 5.82 Å². The van der Waals surface area contributed by atoms with Crippen molar-refractivity contribution in [2.75, 3.05) is 51.3 Å². The standard InChI is InChI=1S/C13H19FN2O3/c1-15(2)11-8-13(19-6-5-18-4)10(14)7-12(11)16(3)9-17/h7-9H,5-6H2,1-4H3. The van der Waals surface area contributed by atoms with Crippen LogP contribution in [0.2, 0.25) is 0 Å². The lowest BCUT2D eigenvalue weighted by molar-refractivity contribution is -0.107. The van der Waals surface area contributed by atoms with Gasteiger partial charge in [-0.25, -0.2) is 4.39 Å². The molecule has 0 aliphatic carbocycles. The lowest BCUT2D eigenvalue weighted by Gasteiger charge is -2.22. The minimum Gasteiger partial charge on any atom is -0.488 e. The zero-order chi connectivity index (χ0) is 14.4. The molecule has 0 heterocycles. The van der Waals surface area contributed by atoms with Gasteiger partial charge in [0.25, 0.3) is 0 Å². The Morgan fingerprint density at radius 2 is 1.89 bits per heavy atom. The molecule has 0 radical (unpaired) electrons. The minimum atomic E-state index is -0.509. The van der Waals surface area contributed by atoms with E-state index in [1.807, 2.05) is 14.1 Å². The molecule has 0 fully saturated rings. The lowest BCUT2D eigenvalue weighted by Crippen LogP contribution is -2.20. The average Bonchev–Trinajstić information content (AvgIpc) is 2.39. The highest BCUT2D eigenvalue weighted by Crippen LogP contribution is 2.33. The molecule has 0 saturated carbocycles. The fraction of sp³-hybridized carbons (Fsp3) is 0.462. The topological polar surface area (TPSA) is 42.0 Å². The van der Waals surface area contributed by atoms with E-state index in [1.54, 1.807) is 25.1 Å². The number of hydrogen-bond donors (Lipinski definition) is 0. The van der Waals surface area contributed by atoms with Crippen LogP contribution in [0.25, 0.3) is 0 Å². The fourth-order valence-corrected chi connectivity index (χ4v) is 1.58. The van der Waals surface area contributed by atoms with Crippen molar-refractivity contribution in [2.24, 2.45) is 0 Å². The van der Waals surface area contributed by atoms with Crippen molar-refractivity contribution in [2.45, 2.75) is 0 Å². The molecular weight excluding hydrogens is 251 g/mol. The Kier molecular flexibility index (Phi) is 5.57. The van der Waals surface area contributed by atoms with Gasteiger partial charge in [-0.2, -0.15) is 0 Å². The molecule has 5 nitrogen and oxygen atoms in total. The number of benzene rings is 1. The number of rotatable bonds is 7. The summed E-state index contributed by atoms with van der Waals surface area (Å²) in [4.78, 5) is 13.9. The van der Waals surface area contributed by atoms with Crippen molar-refractivity contribution in [3.63, 3.8) is 0 Å². The summed E-state index contributed by atoms with van der Waals surface area (Å²) >= 11 is 0. The van der Waals surface area contributed by atoms with Crippen LogP contribution < -0.4 is 14.5 Å². The molecule has 0 saturated heterocycles. The third-order valence-corrected chi connectivity index (χ3v) is 2.59. The molecule has 106 valence electrons. The molecule has 0 aromatic heterocycles. The van der Waals surface area contributed by atoms with E-state index in [0.29, 0.717) is 24.4 Å². The van der Waals surface area contributed by atoms with E-state index >= 15 is 0 Å². The van der Waals surface area contributed by atoms with Crippen molar-refractivity contribution in [3.05, 3.63) is 17.9 Å². The second-order valence-electron chi connectivity index (χ2n) is 4.22. The van der Waals surface area contributed by atoms with Crippen molar-refractivity contribution in [1.82, 2.24) is 0 Å². The summed E-state index contributed by atoms with van der Waals surface area (Å²) in [5.74, 6) is -0.366. The largest absolute Gasteiger partial charge is 0.488 e. The smallest absolute Gasteiger partial charge is 0.213 e. The summed E-state index contributed by atoms with van der Waals surface area (Å²) in [5.41, 5.74) is 1.18. The van der Waals surface area contributed by atoms with Gasteiger partial charge in [-0.15, -0.1) is 0 Å². The van der Waals surface area contributed by atoms with Gasteiger partial charge in [0, 0.05) is 40.4 Å². The summed E-state index contributed by atoms with van der Waals surface area (Å²) in [6.07, 6.45) is 0.632. The number of anilines is 2. The van der Waals surface area contributed by atoms with E-state index in [4.69, 9.17) is 9.47 Å². The summed E-state index contributed by atoms with van der Waals surface area (Å²) in [6, 6.07) is 2.85. The van der Waals surface area contributed by atoms with Crippen LogP contribution in [0.5, 0.6) is 5.75 Å². The average molecular weight is 270 g/mol. The van der Waals surface area contributed by atoms with Gasteiger partial charge >= 0.3 is 0 Å². The van der Waals surface area contributed by atoms with Gasteiger partial charge in [0.15, 0.2) is 11.6 Å². The number of halogens is 1. The molecule has 0 aliphatic heterocycles. The van der Waals surface area contributed by atoms with Crippen molar-refractivity contribution in [1.29, 1.82) is 0 Å². The summed E-state index contributed by atoms with van der Waals surface area (Å²) < 4.78 is 24.0. The number of carbonyl (C=O) groups excluding carboxylic acids is 1. The second kappa shape index (κ2) is 6.94. The van der Waals surface area contributed by atoms with Crippen LogP contribution in [0, 0.1) is 5.82 Å². The molecule has 6 heteroatoms.